The third kappa shape index (κ3) is 3.42. The molecule has 0 atom stereocenters. The normalized spacial score (nSPS) is 11.9. The zero-order chi connectivity index (χ0) is 20.8. The summed E-state index contributed by atoms with van der Waals surface area (Å²) in [6.45, 7) is 3.27. The molecule has 0 fully saturated rings. The van der Waals surface area contributed by atoms with Crippen LogP contribution in [0.1, 0.15) is 19.4 Å². The molecule has 4 rings (SSSR count). The molecule has 0 aliphatic rings. The van der Waals surface area contributed by atoms with E-state index in [0.29, 0.717) is 6.54 Å². The van der Waals surface area contributed by atoms with E-state index in [4.69, 9.17) is 0 Å². The second-order valence-electron chi connectivity index (χ2n) is 7.65. The topological polar surface area (TPSA) is 108 Å². The number of hydrogen-bond donors (Lipinski definition) is 4. The van der Waals surface area contributed by atoms with Gasteiger partial charge in [0.15, 0.2) is 5.82 Å². The van der Waals surface area contributed by atoms with Gasteiger partial charge in [-0.1, -0.05) is 18.2 Å². The number of fused-ring (bicyclic) bond motifs is 3. The number of anilines is 1. The van der Waals surface area contributed by atoms with Crippen molar-refractivity contribution in [2.45, 2.75) is 26.0 Å². The number of imidazole rings is 1. The minimum absolute atomic E-state index is 0.338. The summed E-state index contributed by atoms with van der Waals surface area (Å²) in [6, 6.07) is 9.96. The van der Waals surface area contributed by atoms with E-state index in [-0.39, 0.29) is 0 Å². The Bertz CT molecular complexity index is 1220. The zero-order valence-corrected chi connectivity index (χ0v) is 16.9. The molecule has 29 heavy (non-hydrogen) atoms. The smallest absolute Gasteiger partial charge is 0.251 e. The summed E-state index contributed by atoms with van der Waals surface area (Å²) in [5.41, 5.74) is 4.07. The molecule has 8 nitrogen and oxygen atoms in total. The fourth-order valence-corrected chi connectivity index (χ4v) is 3.38. The first-order valence-corrected chi connectivity index (χ1v) is 9.39. The maximum atomic E-state index is 11.9. The Kier molecular flexibility index (Phi) is 4.50. The molecule has 3 heterocycles. The van der Waals surface area contributed by atoms with E-state index in [0.717, 1.165) is 44.7 Å². The molecule has 0 aliphatic heterocycles. The summed E-state index contributed by atoms with van der Waals surface area (Å²) in [7, 11) is 3.80. The maximum absolute atomic E-state index is 11.9. The number of nitrogens with one attached hydrogen (secondary N) is 3. The van der Waals surface area contributed by atoms with Crippen LogP contribution in [0, 0.1) is 0 Å². The van der Waals surface area contributed by atoms with E-state index >= 15 is 0 Å². The Morgan fingerprint density at radius 2 is 2.10 bits per heavy atom. The second kappa shape index (κ2) is 6.89. The van der Waals surface area contributed by atoms with E-state index in [9.17, 15) is 9.90 Å². The average Bonchev–Trinajstić information content (AvgIpc) is 3.28. The van der Waals surface area contributed by atoms with Crippen LogP contribution in [0.4, 0.5) is 5.82 Å². The van der Waals surface area contributed by atoms with Gasteiger partial charge in [-0.2, -0.15) is 0 Å². The molecule has 0 saturated carbocycles. The third-order valence-corrected chi connectivity index (χ3v) is 4.92. The minimum Gasteiger partial charge on any atom is -0.381 e. The van der Waals surface area contributed by atoms with Crippen molar-refractivity contribution in [2.24, 2.45) is 7.05 Å². The molecular formula is C21H24N6O2. The lowest BCUT2D eigenvalue weighted by molar-refractivity contribution is -0.136. The summed E-state index contributed by atoms with van der Waals surface area (Å²) in [5.74, 6) is 0.320. The molecule has 8 heteroatoms. The molecular weight excluding hydrogens is 368 g/mol. The molecule has 150 valence electrons. The van der Waals surface area contributed by atoms with Gasteiger partial charge in [-0.3, -0.25) is 4.79 Å². The molecule has 0 bridgehead atoms. The van der Waals surface area contributed by atoms with Gasteiger partial charge in [-0.05, 0) is 37.1 Å². The van der Waals surface area contributed by atoms with Crippen LogP contribution in [0.15, 0.2) is 36.7 Å². The molecule has 0 spiro atoms. The van der Waals surface area contributed by atoms with Gasteiger partial charge in [0.25, 0.3) is 5.91 Å². The third-order valence-electron chi connectivity index (χ3n) is 4.92. The Labute approximate surface area is 168 Å². The monoisotopic (exact) mass is 392 g/mol. The Balaban J connectivity index is 1.71. The highest BCUT2D eigenvalue weighted by Gasteiger charge is 2.23. The van der Waals surface area contributed by atoms with Crippen LogP contribution in [-0.2, 0) is 18.4 Å². The molecule has 0 saturated heterocycles. The largest absolute Gasteiger partial charge is 0.381 e. The average molecular weight is 392 g/mol. The van der Waals surface area contributed by atoms with Crippen LogP contribution < -0.4 is 10.6 Å². The van der Waals surface area contributed by atoms with E-state index in [2.05, 4.69) is 31.7 Å². The number of carbonyl (C=O) groups excluding carboxylic acids is 1. The van der Waals surface area contributed by atoms with Crippen LogP contribution in [0.2, 0.25) is 0 Å². The predicted octanol–water partition coefficient (Wildman–Crippen LogP) is 2.55. The molecule has 3 aromatic heterocycles. The second-order valence-corrected chi connectivity index (χ2v) is 7.65. The van der Waals surface area contributed by atoms with Crippen molar-refractivity contribution in [3.63, 3.8) is 0 Å². The number of pyridine rings is 1. The number of aliphatic hydroxyl groups is 1. The predicted molar refractivity (Wildman–Crippen MR) is 113 cm³/mol. The van der Waals surface area contributed by atoms with Crippen LogP contribution in [0.3, 0.4) is 0 Å². The maximum Gasteiger partial charge on any atom is 0.251 e. The lowest BCUT2D eigenvalue weighted by Crippen LogP contribution is -2.41. The number of rotatable bonds is 5. The van der Waals surface area contributed by atoms with Gasteiger partial charge in [0.2, 0.25) is 0 Å². The van der Waals surface area contributed by atoms with Crippen LogP contribution in [0.25, 0.3) is 33.3 Å². The Morgan fingerprint density at radius 1 is 1.31 bits per heavy atom. The number of H-pyrrole nitrogens is 1. The molecule has 0 radical (unpaired) electrons. The van der Waals surface area contributed by atoms with Crippen molar-refractivity contribution in [1.29, 1.82) is 0 Å². The van der Waals surface area contributed by atoms with E-state index < -0.39 is 11.5 Å². The van der Waals surface area contributed by atoms with Crippen molar-refractivity contribution in [3.05, 3.63) is 42.2 Å². The highest BCUT2D eigenvalue weighted by atomic mass is 16.3. The number of aryl methyl sites for hydroxylation is 1. The first kappa shape index (κ1) is 18.9. The highest BCUT2D eigenvalue weighted by molar-refractivity contribution is 6.07. The van der Waals surface area contributed by atoms with Crippen molar-refractivity contribution in [2.75, 3.05) is 12.4 Å². The lowest BCUT2D eigenvalue weighted by Gasteiger charge is -2.16. The van der Waals surface area contributed by atoms with Gasteiger partial charge in [0.05, 0.1) is 11.8 Å². The number of aromatic nitrogens is 4. The number of amides is 1. The first-order valence-electron chi connectivity index (χ1n) is 9.39. The standard InChI is InChI=1S/C21H24N6O2/c1-21(2,29)20(28)23-10-12-6-5-7-13(8-12)15-9-14-17-16(24-11-27(17)4)19(22-3)26-18(14)25-15/h5-9,11,29H,10H2,1-4H3,(H,23,28)(H2,22,25,26). The fourth-order valence-electron chi connectivity index (χ4n) is 3.38. The number of hydrogen-bond acceptors (Lipinski definition) is 5. The first-order chi connectivity index (χ1) is 13.8. The molecule has 0 unspecified atom stereocenters. The van der Waals surface area contributed by atoms with Crippen molar-refractivity contribution in [3.8, 4) is 11.3 Å². The van der Waals surface area contributed by atoms with E-state index in [1.165, 1.54) is 13.8 Å². The Hall–Kier alpha value is -3.39. The van der Waals surface area contributed by atoms with Gasteiger partial charge in [-0.25, -0.2) is 9.97 Å². The van der Waals surface area contributed by atoms with E-state index in [1.807, 2.05) is 42.9 Å². The van der Waals surface area contributed by atoms with Gasteiger partial charge >= 0.3 is 0 Å². The number of benzene rings is 1. The highest BCUT2D eigenvalue weighted by Crippen LogP contribution is 2.31. The summed E-state index contributed by atoms with van der Waals surface area (Å²) >= 11 is 0. The Morgan fingerprint density at radius 3 is 2.83 bits per heavy atom. The summed E-state index contributed by atoms with van der Waals surface area (Å²) in [6.07, 6.45) is 1.78. The number of aromatic amines is 1. The number of carbonyl (C=O) groups is 1. The molecule has 4 N–H and O–H groups in total. The molecule has 4 aromatic rings. The van der Waals surface area contributed by atoms with Gasteiger partial charge in [-0.15, -0.1) is 0 Å². The van der Waals surface area contributed by atoms with Gasteiger partial charge in [0.1, 0.15) is 16.8 Å². The summed E-state index contributed by atoms with van der Waals surface area (Å²) in [4.78, 5) is 24.4. The van der Waals surface area contributed by atoms with Crippen molar-refractivity contribution >= 4 is 33.8 Å². The summed E-state index contributed by atoms with van der Waals surface area (Å²) in [5, 5.41) is 16.6. The molecule has 0 aliphatic carbocycles. The SMILES string of the molecule is CNc1nc2[nH]c(-c3cccc(CNC(=O)C(C)(C)O)c3)cc2c2c1ncn2C. The zero-order valence-electron chi connectivity index (χ0n) is 16.9. The minimum atomic E-state index is -1.40. The summed E-state index contributed by atoms with van der Waals surface area (Å²) < 4.78 is 1.99. The van der Waals surface area contributed by atoms with Crippen molar-refractivity contribution in [1.82, 2.24) is 24.8 Å². The number of nitrogens with zero attached hydrogens (tertiary/aromatic N) is 3. The fraction of sp³-hybridized carbons (Fsp3) is 0.286. The van der Waals surface area contributed by atoms with Crippen LogP contribution >= 0.6 is 0 Å². The molecule has 1 amide bonds. The lowest BCUT2D eigenvalue weighted by atomic mass is 10.1. The quantitative estimate of drug-likeness (QED) is 0.417. The van der Waals surface area contributed by atoms with Crippen LogP contribution in [-0.4, -0.2) is 43.2 Å². The molecule has 1 aromatic carbocycles. The van der Waals surface area contributed by atoms with Gasteiger partial charge < -0.3 is 25.3 Å². The van der Waals surface area contributed by atoms with Crippen molar-refractivity contribution < 1.29 is 9.90 Å². The van der Waals surface area contributed by atoms with E-state index in [1.54, 1.807) is 6.33 Å². The van der Waals surface area contributed by atoms with Crippen LogP contribution in [0.5, 0.6) is 0 Å². The van der Waals surface area contributed by atoms with Gasteiger partial charge in [0, 0.05) is 31.7 Å².